The number of unbranched alkanes of at least 4 members (excludes halogenated alkanes) is 1. The molecule has 12 nitrogen and oxygen atoms in total. The predicted octanol–water partition coefficient (Wildman–Crippen LogP) is 0.727. The van der Waals surface area contributed by atoms with Crippen molar-refractivity contribution >= 4 is 30.0 Å². The molecule has 0 bridgehead atoms. The minimum Gasteiger partial charge on any atom is -0.481 e. The molecule has 7 N–H and O–H groups in total. The van der Waals surface area contributed by atoms with Gasteiger partial charge in [0.05, 0.1) is 0 Å². The number of amides is 4. The Morgan fingerprint density at radius 3 is 1.91 bits per heavy atom. The van der Waals surface area contributed by atoms with E-state index in [1.54, 1.807) is 0 Å². The molecule has 1 aromatic rings. The lowest BCUT2D eigenvalue weighted by molar-refractivity contribution is -0.140. The average molecular weight is 452 g/mol. The van der Waals surface area contributed by atoms with E-state index in [1.807, 2.05) is 30.3 Å². The number of aliphatic carboxylic acids is 3. The number of nitrogens with one attached hydrogen (secondary N) is 4. The van der Waals surface area contributed by atoms with Gasteiger partial charge in [-0.15, -0.1) is 0 Å². The molecule has 12 heteroatoms. The van der Waals surface area contributed by atoms with Gasteiger partial charge in [-0.1, -0.05) is 30.3 Å². The number of hydrogen-bond donors (Lipinski definition) is 7. The van der Waals surface area contributed by atoms with Gasteiger partial charge in [0, 0.05) is 19.5 Å². The van der Waals surface area contributed by atoms with E-state index in [9.17, 15) is 29.1 Å². The molecule has 0 aliphatic carbocycles. The number of carbonyl (C=O) groups is 5. The van der Waals surface area contributed by atoms with E-state index in [-0.39, 0.29) is 18.9 Å². The standard InChI is InChI=1S/C20H28N4O8/c25-16(26)10-9-15(18(29)30)24-20(32)23-14(17(27)28)8-4-5-11-21-19(31)22-12-13-6-2-1-3-7-13/h1-3,6-7,14-15H,4-5,8-12H2,(H,25,26)(H,27,28)(H,29,30)(H2,21,22,31)(H2,23,24,32). The van der Waals surface area contributed by atoms with Gasteiger partial charge in [-0.2, -0.15) is 0 Å². The van der Waals surface area contributed by atoms with Crippen LogP contribution in [0.25, 0.3) is 0 Å². The van der Waals surface area contributed by atoms with E-state index in [0.29, 0.717) is 25.9 Å². The largest absolute Gasteiger partial charge is 0.481 e. The van der Waals surface area contributed by atoms with E-state index in [0.717, 1.165) is 5.56 Å². The maximum atomic E-state index is 11.9. The van der Waals surface area contributed by atoms with Gasteiger partial charge < -0.3 is 36.6 Å². The van der Waals surface area contributed by atoms with Gasteiger partial charge in [0.15, 0.2) is 0 Å². The SMILES string of the molecule is O=C(O)CCC(NC(=O)NC(CCCCNC(=O)NCc1ccccc1)C(=O)O)C(=O)O. The molecular weight excluding hydrogens is 424 g/mol. The Kier molecular flexibility index (Phi) is 11.6. The molecule has 0 heterocycles. The molecule has 4 amide bonds. The fraction of sp³-hybridized carbons (Fsp3) is 0.450. The molecule has 1 rings (SSSR count). The van der Waals surface area contributed by atoms with Crippen molar-refractivity contribution in [2.75, 3.05) is 6.54 Å². The summed E-state index contributed by atoms with van der Waals surface area (Å²) in [6.45, 7) is 0.673. The van der Waals surface area contributed by atoms with E-state index in [2.05, 4.69) is 21.3 Å². The van der Waals surface area contributed by atoms with Crippen molar-refractivity contribution in [3.63, 3.8) is 0 Å². The second kappa shape index (κ2) is 14.2. The molecule has 0 spiro atoms. The highest BCUT2D eigenvalue weighted by molar-refractivity contribution is 5.86. The first-order valence-corrected chi connectivity index (χ1v) is 9.99. The van der Waals surface area contributed by atoms with Crippen molar-refractivity contribution in [2.24, 2.45) is 0 Å². The van der Waals surface area contributed by atoms with E-state index in [1.165, 1.54) is 0 Å². The van der Waals surface area contributed by atoms with Crippen LogP contribution in [-0.2, 0) is 20.9 Å². The minimum absolute atomic E-state index is 0.0585. The third-order valence-electron chi connectivity index (χ3n) is 4.35. The van der Waals surface area contributed by atoms with Gasteiger partial charge in [-0.25, -0.2) is 19.2 Å². The molecule has 176 valence electrons. The summed E-state index contributed by atoms with van der Waals surface area (Å²) in [7, 11) is 0. The molecular formula is C20H28N4O8. The Bertz CT molecular complexity index is 787. The summed E-state index contributed by atoms with van der Waals surface area (Å²) in [6.07, 6.45) is 0.0854. The molecule has 2 atom stereocenters. The Labute approximate surface area is 184 Å². The first-order chi connectivity index (χ1) is 15.2. The molecule has 0 radical (unpaired) electrons. The fourth-order valence-corrected chi connectivity index (χ4v) is 2.66. The van der Waals surface area contributed by atoms with Crippen molar-refractivity contribution in [1.82, 2.24) is 21.3 Å². The van der Waals surface area contributed by atoms with Crippen LogP contribution in [0.5, 0.6) is 0 Å². The van der Waals surface area contributed by atoms with E-state index >= 15 is 0 Å². The van der Waals surface area contributed by atoms with Crippen LogP contribution in [0.2, 0.25) is 0 Å². The minimum atomic E-state index is -1.46. The number of benzene rings is 1. The van der Waals surface area contributed by atoms with Gasteiger partial charge in [-0.3, -0.25) is 4.79 Å². The predicted molar refractivity (Wildman–Crippen MR) is 112 cm³/mol. The molecule has 1 aromatic carbocycles. The third-order valence-corrected chi connectivity index (χ3v) is 4.35. The van der Waals surface area contributed by atoms with Gasteiger partial charge in [0.1, 0.15) is 12.1 Å². The number of carbonyl (C=O) groups excluding carboxylic acids is 2. The zero-order valence-corrected chi connectivity index (χ0v) is 17.4. The van der Waals surface area contributed by atoms with Gasteiger partial charge in [0.25, 0.3) is 0 Å². The molecule has 0 aliphatic rings. The van der Waals surface area contributed by atoms with Crippen LogP contribution < -0.4 is 21.3 Å². The molecule has 2 unspecified atom stereocenters. The summed E-state index contributed by atoms with van der Waals surface area (Å²) in [6, 6.07) is 5.24. The van der Waals surface area contributed by atoms with Crippen LogP contribution in [0, 0.1) is 0 Å². The zero-order valence-electron chi connectivity index (χ0n) is 17.4. The van der Waals surface area contributed by atoms with Gasteiger partial charge in [0.2, 0.25) is 0 Å². The maximum absolute atomic E-state index is 11.9. The first kappa shape index (κ1) is 26.2. The molecule has 0 saturated heterocycles. The number of hydrogen-bond acceptors (Lipinski definition) is 5. The highest BCUT2D eigenvalue weighted by Crippen LogP contribution is 2.03. The van der Waals surface area contributed by atoms with Crippen LogP contribution in [0.1, 0.15) is 37.7 Å². The maximum Gasteiger partial charge on any atom is 0.326 e. The summed E-state index contributed by atoms with van der Waals surface area (Å²) < 4.78 is 0. The van der Waals surface area contributed by atoms with E-state index < -0.39 is 42.4 Å². The monoisotopic (exact) mass is 452 g/mol. The van der Waals surface area contributed by atoms with Gasteiger partial charge >= 0.3 is 30.0 Å². The quantitative estimate of drug-likeness (QED) is 0.201. The zero-order chi connectivity index (χ0) is 23.9. The third kappa shape index (κ3) is 11.4. The molecule has 32 heavy (non-hydrogen) atoms. The average Bonchev–Trinajstić information content (AvgIpc) is 2.74. The van der Waals surface area contributed by atoms with Crippen LogP contribution >= 0.6 is 0 Å². The Morgan fingerprint density at radius 2 is 1.34 bits per heavy atom. The summed E-state index contributed by atoms with van der Waals surface area (Å²) >= 11 is 0. The molecule has 0 fully saturated rings. The van der Waals surface area contributed by atoms with Crippen LogP contribution in [0.4, 0.5) is 9.59 Å². The van der Waals surface area contributed by atoms with Gasteiger partial charge in [-0.05, 0) is 31.2 Å². The van der Waals surface area contributed by atoms with Crippen LogP contribution in [0.15, 0.2) is 30.3 Å². The van der Waals surface area contributed by atoms with Crippen LogP contribution in [0.3, 0.4) is 0 Å². The Balaban J connectivity index is 2.31. The summed E-state index contributed by atoms with van der Waals surface area (Å²) in [5.74, 6) is -3.94. The van der Waals surface area contributed by atoms with Crippen molar-refractivity contribution < 1.29 is 39.3 Å². The normalized spacial score (nSPS) is 12.1. The smallest absolute Gasteiger partial charge is 0.326 e. The molecule has 0 saturated carbocycles. The number of carboxylic acid groups (broad SMARTS) is 3. The molecule has 0 aromatic heterocycles. The van der Waals surface area contributed by atoms with Crippen molar-refractivity contribution in [2.45, 2.75) is 50.7 Å². The van der Waals surface area contributed by atoms with Crippen molar-refractivity contribution in [3.8, 4) is 0 Å². The summed E-state index contributed by atoms with van der Waals surface area (Å²) in [5, 5.41) is 36.5. The molecule has 0 aliphatic heterocycles. The lowest BCUT2D eigenvalue weighted by Gasteiger charge is -2.18. The topological polar surface area (TPSA) is 194 Å². The second-order valence-electron chi connectivity index (χ2n) is 6.92. The summed E-state index contributed by atoms with van der Waals surface area (Å²) in [4.78, 5) is 56.7. The summed E-state index contributed by atoms with van der Waals surface area (Å²) in [5.41, 5.74) is 0.949. The number of urea groups is 2. The fourth-order valence-electron chi connectivity index (χ4n) is 2.66. The first-order valence-electron chi connectivity index (χ1n) is 9.99. The second-order valence-corrected chi connectivity index (χ2v) is 6.92. The van der Waals surface area contributed by atoms with Crippen LogP contribution in [-0.4, -0.2) is 63.9 Å². The van der Waals surface area contributed by atoms with Crippen molar-refractivity contribution in [3.05, 3.63) is 35.9 Å². The lowest BCUT2D eigenvalue weighted by atomic mass is 10.1. The lowest BCUT2D eigenvalue weighted by Crippen LogP contribution is -2.51. The Hall–Kier alpha value is -3.83. The number of carboxylic acids is 3. The number of rotatable bonds is 14. The van der Waals surface area contributed by atoms with E-state index in [4.69, 9.17) is 10.2 Å². The highest BCUT2D eigenvalue weighted by Gasteiger charge is 2.24. The highest BCUT2D eigenvalue weighted by atomic mass is 16.4. The Morgan fingerprint density at radius 1 is 0.750 bits per heavy atom. The van der Waals surface area contributed by atoms with Crippen molar-refractivity contribution in [1.29, 1.82) is 0 Å².